The summed E-state index contributed by atoms with van der Waals surface area (Å²) in [6, 6.07) is 20.3. The summed E-state index contributed by atoms with van der Waals surface area (Å²) in [5, 5.41) is 5.69. The number of nitrogens with two attached hydrogens (primary N) is 1. The summed E-state index contributed by atoms with van der Waals surface area (Å²) in [6.07, 6.45) is 2.82. The van der Waals surface area contributed by atoms with Crippen LogP contribution in [0.3, 0.4) is 0 Å². The van der Waals surface area contributed by atoms with Crippen molar-refractivity contribution in [2.24, 2.45) is 10.9 Å². The quantitative estimate of drug-likeness (QED) is 0.379. The molecule has 28 heavy (non-hydrogen) atoms. The van der Waals surface area contributed by atoms with Gasteiger partial charge in [0.1, 0.15) is 0 Å². The Morgan fingerprint density at radius 1 is 1.04 bits per heavy atom. The molecule has 2 aromatic carbocycles. The number of hydrogen-bond donors (Lipinski definition) is 2. The van der Waals surface area contributed by atoms with E-state index in [4.69, 9.17) is 5.84 Å². The maximum atomic E-state index is 11.5. The third kappa shape index (κ3) is 5.15. The highest BCUT2D eigenvalue weighted by Crippen LogP contribution is 2.26. The van der Waals surface area contributed by atoms with Gasteiger partial charge in [-0.15, -0.1) is 0 Å². The summed E-state index contributed by atoms with van der Waals surface area (Å²) in [6.45, 7) is 1.84. The largest absolute Gasteiger partial charge is 0.284 e. The zero-order valence-corrected chi connectivity index (χ0v) is 16.4. The number of sulfonamides is 1. The van der Waals surface area contributed by atoms with E-state index in [2.05, 4.69) is 14.8 Å². The second kappa shape index (κ2) is 8.20. The third-order valence-corrected chi connectivity index (χ3v) is 4.51. The van der Waals surface area contributed by atoms with Gasteiger partial charge in [-0.1, -0.05) is 30.3 Å². The van der Waals surface area contributed by atoms with E-state index in [1.54, 1.807) is 24.4 Å². The average Bonchev–Trinajstić information content (AvgIpc) is 2.67. The first-order valence-electron chi connectivity index (χ1n) is 8.51. The highest BCUT2D eigenvalue weighted by atomic mass is 32.2. The molecule has 3 N–H and O–H groups in total. The van der Waals surface area contributed by atoms with E-state index in [0.717, 1.165) is 23.1 Å². The van der Waals surface area contributed by atoms with Crippen molar-refractivity contribution in [3.63, 3.8) is 0 Å². The number of pyridine rings is 1. The molecule has 0 bridgehead atoms. The number of aromatic nitrogens is 1. The molecule has 144 valence electrons. The fourth-order valence-corrected chi connectivity index (χ4v) is 3.21. The van der Waals surface area contributed by atoms with Gasteiger partial charge in [-0.3, -0.25) is 9.71 Å². The Bertz CT molecular complexity index is 1100. The van der Waals surface area contributed by atoms with Crippen LogP contribution in [0.2, 0.25) is 0 Å². The minimum atomic E-state index is -3.34. The van der Waals surface area contributed by atoms with Gasteiger partial charge in [0, 0.05) is 11.9 Å². The van der Waals surface area contributed by atoms with Crippen molar-refractivity contribution in [2.45, 2.75) is 6.92 Å². The minimum Gasteiger partial charge on any atom is -0.284 e. The van der Waals surface area contributed by atoms with Gasteiger partial charge in [-0.25, -0.2) is 14.3 Å². The molecular weight excluding hydrogens is 374 g/mol. The zero-order chi connectivity index (χ0) is 20.1. The molecule has 0 fully saturated rings. The molecule has 0 spiro atoms. The molecule has 0 radical (unpaired) electrons. The molecular formula is C20H21N5O2S. The lowest BCUT2D eigenvalue weighted by Gasteiger charge is -2.15. The molecule has 0 aliphatic carbocycles. The van der Waals surface area contributed by atoms with Crippen LogP contribution in [0, 0.1) is 0 Å². The molecule has 0 amide bonds. The van der Waals surface area contributed by atoms with Gasteiger partial charge in [0.25, 0.3) is 0 Å². The molecule has 1 aromatic heterocycles. The zero-order valence-electron chi connectivity index (χ0n) is 15.6. The van der Waals surface area contributed by atoms with Crippen molar-refractivity contribution in [3.05, 3.63) is 78.6 Å². The first kappa shape index (κ1) is 19.5. The molecule has 1 heterocycles. The summed E-state index contributed by atoms with van der Waals surface area (Å²) in [5.41, 5.74) is 4.36. The smallest absolute Gasteiger partial charge is 0.229 e. The van der Waals surface area contributed by atoms with Gasteiger partial charge < -0.3 is 0 Å². The molecule has 0 saturated carbocycles. The maximum absolute atomic E-state index is 11.5. The van der Waals surface area contributed by atoms with Crippen LogP contribution in [0.5, 0.6) is 0 Å². The Kier molecular flexibility index (Phi) is 5.72. The van der Waals surface area contributed by atoms with E-state index in [1.165, 1.54) is 5.12 Å². The number of benzene rings is 2. The summed E-state index contributed by atoms with van der Waals surface area (Å²) < 4.78 is 25.4. The van der Waals surface area contributed by atoms with Crippen LogP contribution >= 0.6 is 0 Å². The summed E-state index contributed by atoms with van der Waals surface area (Å²) in [5.74, 6) is 6.12. The fraction of sp³-hybridized carbons (Fsp3) is 0.100. The number of nitrogens with one attached hydrogen (secondary N) is 1. The lowest BCUT2D eigenvalue weighted by molar-refractivity contribution is 0.607. The normalized spacial score (nSPS) is 11.9. The van der Waals surface area contributed by atoms with E-state index in [0.29, 0.717) is 17.1 Å². The highest BCUT2D eigenvalue weighted by molar-refractivity contribution is 7.92. The van der Waals surface area contributed by atoms with Gasteiger partial charge in [0.2, 0.25) is 10.0 Å². The predicted molar refractivity (Wildman–Crippen MR) is 113 cm³/mol. The van der Waals surface area contributed by atoms with Crippen molar-refractivity contribution in [3.8, 4) is 11.1 Å². The average molecular weight is 395 g/mol. The van der Waals surface area contributed by atoms with E-state index in [1.807, 2.05) is 55.5 Å². The number of hydrazine groups is 1. The Hall–Kier alpha value is -3.23. The van der Waals surface area contributed by atoms with Gasteiger partial charge in [0.15, 0.2) is 0 Å². The lowest BCUT2D eigenvalue weighted by atomic mass is 10.0. The van der Waals surface area contributed by atoms with Crippen LogP contribution in [-0.2, 0) is 10.0 Å². The third-order valence-electron chi connectivity index (χ3n) is 3.90. The molecule has 0 saturated heterocycles. The lowest BCUT2D eigenvalue weighted by Crippen LogP contribution is -2.26. The topological polar surface area (TPSA) is 101 Å². The van der Waals surface area contributed by atoms with Gasteiger partial charge in [-0.05, 0) is 54.4 Å². The van der Waals surface area contributed by atoms with Crippen molar-refractivity contribution in [2.75, 3.05) is 16.1 Å². The second-order valence-corrected chi connectivity index (χ2v) is 8.00. The first-order valence-corrected chi connectivity index (χ1v) is 10.4. The van der Waals surface area contributed by atoms with E-state index in [-0.39, 0.29) is 0 Å². The Morgan fingerprint density at radius 2 is 1.75 bits per heavy atom. The van der Waals surface area contributed by atoms with Gasteiger partial charge in [-0.2, -0.15) is 10.2 Å². The van der Waals surface area contributed by atoms with Crippen LogP contribution in [0.1, 0.15) is 12.6 Å². The summed E-state index contributed by atoms with van der Waals surface area (Å²) in [7, 11) is -3.34. The summed E-state index contributed by atoms with van der Waals surface area (Å²) in [4.78, 5) is 4.26. The maximum Gasteiger partial charge on any atom is 0.229 e. The monoisotopic (exact) mass is 395 g/mol. The van der Waals surface area contributed by atoms with E-state index >= 15 is 0 Å². The number of hydrazone groups is 1. The number of anilines is 2. The predicted octanol–water partition coefficient (Wildman–Crippen LogP) is 3.22. The van der Waals surface area contributed by atoms with Crippen LogP contribution in [0.4, 0.5) is 11.4 Å². The molecule has 0 aliphatic heterocycles. The molecule has 8 heteroatoms. The van der Waals surface area contributed by atoms with E-state index in [9.17, 15) is 8.42 Å². The van der Waals surface area contributed by atoms with E-state index < -0.39 is 10.0 Å². The summed E-state index contributed by atoms with van der Waals surface area (Å²) >= 11 is 0. The SMILES string of the molecule is C/C(=N\N(N)c1cccc(-c2cccc(NS(C)(=O)=O)c2)c1)c1ccccn1. The number of nitrogens with zero attached hydrogens (tertiary/aromatic N) is 3. The molecule has 0 unspecified atom stereocenters. The van der Waals surface area contributed by atoms with Crippen LogP contribution in [0.15, 0.2) is 78.0 Å². The van der Waals surface area contributed by atoms with Crippen molar-refractivity contribution >= 4 is 27.1 Å². The fourth-order valence-electron chi connectivity index (χ4n) is 2.65. The second-order valence-electron chi connectivity index (χ2n) is 6.25. The number of hydrogen-bond acceptors (Lipinski definition) is 6. The van der Waals surface area contributed by atoms with Crippen LogP contribution < -0.4 is 15.7 Å². The number of rotatable bonds is 6. The van der Waals surface area contributed by atoms with Crippen LogP contribution in [0.25, 0.3) is 11.1 Å². The van der Waals surface area contributed by atoms with Gasteiger partial charge >= 0.3 is 0 Å². The standard InChI is InChI=1S/C20H21N5O2S/c1-15(20-11-3-4-12-22-20)23-25(21)19-10-6-8-17(14-19)16-7-5-9-18(13-16)24-28(2,26)27/h3-14,24H,21H2,1-2H3/b23-15+. The molecule has 3 aromatic rings. The molecule has 7 nitrogen and oxygen atoms in total. The Balaban J connectivity index is 1.87. The highest BCUT2D eigenvalue weighted by Gasteiger charge is 2.07. The minimum absolute atomic E-state index is 0.499. The molecule has 0 aliphatic rings. The van der Waals surface area contributed by atoms with Crippen molar-refractivity contribution < 1.29 is 8.42 Å². The Labute approximate surface area is 164 Å². The Morgan fingerprint density at radius 3 is 2.43 bits per heavy atom. The first-order chi connectivity index (χ1) is 13.3. The van der Waals surface area contributed by atoms with Gasteiger partial charge in [0.05, 0.1) is 23.3 Å². The van der Waals surface area contributed by atoms with Crippen molar-refractivity contribution in [1.82, 2.24) is 4.98 Å². The molecule has 0 atom stereocenters. The molecule has 3 rings (SSSR count). The van der Waals surface area contributed by atoms with Crippen molar-refractivity contribution in [1.29, 1.82) is 0 Å². The van der Waals surface area contributed by atoms with Crippen LogP contribution in [-0.4, -0.2) is 25.4 Å².